The molecule has 1 aliphatic carbocycles. The summed E-state index contributed by atoms with van der Waals surface area (Å²) in [6, 6.07) is 16.9. The SMILES string of the molecule is Cn1c(SCC(=O)N(Cc2ccccc2)C2CC2)nnc1-c1ccccc1F. The molecule has 0 N–H and O–H groups in total. The molecule has 1 fully saturated rings. The highest BCUT2D eigenvalue weighted by atomic mass is 32.2. The first kappa shape index (κ1) is 18.7. The topological polar surface area (TPSA) is 51.0 Å². The Hall–Kier alpha value is -2.67. The van der Waals surface area contributed by atoms with Gasteiger partial charge in [-0.3, -0.25) is 4.79 Å². The number of thioether (sulfide) groups is 1. The van der Waals surface area contributed by atoms with Crippen LogP contribution in [0, 0.1) is 5.82 Å². The summed E-state index contributed by atoms with van der Waals surface area (Å²) in [4.78, 5) is 14.8. The number of aromatic nitrogens is 3. The van der Waals surface area contributed by atoms with Crippen molar-refractivity contribution in [2.75, 3.05) is 5.75 Å². The fourth-order valence-electron chi connectivity index (χ4n) is 3.11. The molecule has 1 aromatic heterocycles. The number of halogens is 1. The summed E-state index contributed by atoms with van der Waals surface area (Å²) >= 11 is 1.34. The molecule has 1 heterocycles. The first-order valence-electron chi connectivity index (χ1n) is 9.24. The Bertz CT molecular complexity index is 972. The van der Waals surface area contributed by atoms with Crippen LogP contribution in [0.3, 0.4) is 0 Å². The third kappa shape index (κ3) is 4.09. The largest absolute Gasteiger partial charge is 0.335 e. The van der Waals surface area contributed by atoms with Gasteiger partial charge in [0.05, 0.1) is 11.3 Å². The molecular formula is C21H21FN4OS. The molecule has 0 aliphatic heterocycles. The van der Waals surface area contributed by atoms with Crippen LogP contribution in [0.25, 0.3) is 11.4 Å². The van der Waals surface area contributed by atoms with Gasteiger partial charge in [-0.1, -0.05) is 54.2 Å². The molecular weight excluding hydrogens is 375 g/mol. The van der Waals surface area contributed by atoms with Gasteiger partial charge in [0.25, 0.3) is 0 Å². The number of amides is 1. The van der Waals surface area contributed by atoms with Gasteiger partial charge in [0, 0.05) is 19.6 Å². The van der Waals surface area contributed by atoms with Crippen molar-refractivity contribution in [1.29, 1.82) is 0 Å². The predicted molar refractivity (Wildman–Crippen MR) is 107 cm³/mol. The maximum atomic E-state index is 14.0. The van der Waals surface area contributed by atoms with Crippen molar-refractivity contribution < 1.29 is 9.18 Å². The third-order valence-corrected chi connectivity index (χ3v) is 5.78. The third-order valence-electron chi connectivity index (χ3n) is 4.78. The Morgan fingerprint density at radius 2 is 1.86 bits per heavy atom. The molecule has 0 radical (unpaired) electrons. The molecule has 1 saturated carbocycles. The molecule has 0 bridgehead atoms. The number of carbonyl (C=O) groups excluding carboxylic acids is 1. The minimum Gasteiger partial charge on any atom is -0.335 e. The molecule has 0 saturated heterocycles. The van der Waals surface area contributed by atoms with E-state index in [1.54, 1.807) is 29.8 Å². The van der Waals surface area contributed by atoms with Crippen LogP contribution in [-0.4, -0.2) is 37.4 Å². The summed E-state index contributed by atoms with van der Waals surface area (Å²) < 4.78 is 15.8. The molecule has 7 heteroatoms. The lowest BCUT2D eigenvalue weighted by Crippen LogP contribution is -2.34. The number of nitrogens with zero attached hydrogens (tertiary/aromatic N) is 4. The molecule has 0 spiro atoms. The second-order valence-corrected chi connectivity index (χ2v) is 7.81. The molecule has 144 valence electrons. The van der Waals surface area contributed by atoms with E-state index in [0.29, 0.717) is 29.1 Å². The van der Waals surface area contributed by atoms with E-state index in [2.05, 4.69) is 10.2 Å². The van der Waals surface area contributed by atoms with E-state index in [9.17, 15) is 9.18 Å². The molecule has 2 aromatic carbocycles. The van der Waals surface area contributed by atoms with Gasteiger partial charge in [0.15, 0.2) is 11.0 Å². The summed E-state index contributed by atoms with van der Waals surface area (Å²) in [5.41, 5.74) is 1.53. The van der Waals surface area contributed by atoms with Gasteiger partial charge in [-0.15, -0.1) is 10.2 Å². The van der Waals surface area contributed by atoms with E-state index in [-0.39, 0.29) is 17.5 Å². The first-order chi connectivity index (χ1) is 13.6. The molecule has 5 nitrogen and oxygen atoms in total. The number of hydrogen-bond donors (Lipinski definition) is 0. The normalized spacial score (nSPS) is 13.5. The lowest BCUT2D eigenvalue weighted by atomic mass is 10.2. The van der Waals surface area contributed by atoms with Crippen molar-refractivity contribution in [2.24, 2.45) is 7.05 Å². The van der Waals surface area contributed by atoms with Crippen LogP contribution in [-0.2, 0) is 18.4 Å². The minimum atomic E-state index is -0.339. The molecule has 3 aromatic rings. The fourth-order valence-corrected chi connectivity index (χ4v) is 3.91. The summed E-state index contributed by atoms with van der Waals surface area (Å²) in [7, 11) is 1.79. The van der Waals surface area contributed by atoms with Crippen molar-refractivity contribution in [2.45, 2.75) is 30.6 Å². The van der Waals surface area contributed by atoms with Crippen molar-refractivity contribution in [1.82, 2.24) is 19.7 Å². The minimum absolute atomic E-state index is 0.0896. The van der Waals surface area contributed by atoms with Crippen LogP contribution >= 0.6 is 11.8 Å². The van der Waals surface area contributed by atoms with Crippen LogP contribution in [0.1, 0.15) is 18.4 Å². The summed E-state index contributed by atoms with van der Waals surface area (Å²) in [6.07, 6.45) is 2.12. The van der Waals surface area contributed by atoms with Crippen LogP contribution in [0.4, 0.5) is 4.39 Å². The van der Waals surface area contributed by atoms with E-state index < -0.39 is 0 Å². The molecule has 28 heavy (non-hydrogen) atoms. The zero-order valence-corrected chi connectivity index (χ0v) is 16.4. The quantitative estimate of drug-likeness (QED) is 0.569. The Balaban J connectivity index is 1.44. The molecule has 1 amide bonds. The second kappa shape index (κ2) is 8.14. The zero-order valence-electron chi connectivity index (χ0n) is 15.6. The van der Waals surface area contributed by atoms with Gasteiger partial charge in [0.1, 0.15) is 5.82 Å². The lowest BCUT2D eigenvalue weighted by Gasteiger charge is -2.22. The van der Waals surface area contributed by atoms with E-state index in [1.165, 1.54) is 17.8 Å². The molecule has 0 atom stereocenters. The smallest absolute Gasteiger partial charge is 0.233 e. The van der Waals surface area contributed by atoms with Gasteiger partial charge >= 0.3 is 0 Å². The Morgan fingerprint density at radius 3 is 2.57 bits per heavy atom. The van der Waals surface area contributed by atoms with Crippen molar-refractivity contribution in [3.63, 3.8) is 0 Å². The standard InChI is InChI=1S/C21H21FN4OS/c1-25-20(17-9-5-6-10-18(17)22)23-24-21(25)28-14-19(27)26(16-11-12-16)13-15-7-3-2-4-8-15/h2-10,16H,11-14H2,1H3. The Morgan fingerprint density at radius 1 is 1.14 bits per heavy atom. The monoisotopic (exact) mass is 396 g/mol. The average Bonchev–Trinajstić information content (AvgIpc) is 3.49. The van der Waals surface area contributed by atoms with Gasteiger partial charge in [-0.2, -0.15) is 0 Å². The van der Waals surface area contributed by atoms with Gasteiger partial charge < -0.3 is 9.47 Å². The first-order valence-corrected chi connectivity index (χ1v) is 10.2. The predicted octanol–water partition coefficient (Wildman–Crippen LogP) is 3.90. The summed E-state index contributed by atoms with van der Waals surface area (Å²) in [6.45, 7) is 0.629. The molecule has 0 unspecified atom stereocenters. The highest BCUT2D eigenvalue weighted by Crippen LogP contribution is 2.30. The van der Waals surface area contributed by atoms with Gasteiger partial charge in [0.2, 0.25) is 5.91 Å². The van der Waals surface area contributed by atoms with Crippen LogP contribution in [0.2, 0.25) is 0 Å². The maximum Gasteiger partial charge on any atom is 0.233 e. The number of rotatable bonds is 7. The van der Waals surface area contributed by atoms with Crippen LogP contribution < -0.4 is 0 Å². The highest BCUT2D eigenvalue weighted by Gasteiger charge is 2.32. The molecule has 4 rings (SSSR count). The Labute approximate surface area is 167 Å². The van der Waals surface area contributed by atoms with Crippen molar-refractivity contribution in [3.8, 4) is 11.4 Å². The number of carbonyl (C=O) groups is 1. The van der Waals surface area contributed by atoms with Gasteiger partial charge in [-0.25, -0.2) is 4.39 Å². The second-order valence-electron chi connectivity index (χ2n) is 6.87. The van der Waals surface area contributed by atoms with Crippen LogP contribution in [0.15, 0.2) is 59.8 Å². The maximum absolute atomic E-state index is 14.0. The average molecular weight is 396 g/mol. The fraction of sp³-hybridized carbons (Fsp3) is 0.286. The highest BCUT2D eigenvalue weighted by molar-refractivity contribution is 7.99. The zero-order chi connectivity index (χ0) is 19.5. The number of benzene rings is 2. The van der Waals surface area contributed by atoms with Crippen molar-refractivity contribution >= 4 is 17.7 Å². The van der Waals surface area contributed by atoms with E-state index in [4.69, 9.17) is 0 Å². The van der Waals surface area contributed by atoms with Crippen LogP contribution in [0.5, 0.6) is 0 Å². The lowest BCUT2D eigenvalue weighted by molar-refractivity contribution is -0.129. The van der Waals surface area contributed by atoms with E-state index in [0.717, 1.165) is 18.4 Å². The summed E-state index contributed by atoms with van der Waals surface area (Å²) in [5.74, 6) is 0.489. The van der Waals surface area contributed by atoms with E-state index >= 15 is 0 Å². The van der Waals surface area contributed by atoms with Crippen molar-refractivity contribution in [3.05, 3.63) is 66.0 Å². The van der Waals surface area contributed by atoms with E-state index in [1.807, 2.05) is 35.2 Å². The Kier molecular flexibility index (Phi) is 5.43. The summed E-state index contributed by atoms with van der Waals surface area (Å²) in [5, 5.41) is 8.86. The van der Waals surface area contributed by atoms with Gasteiger partial charge in [-0.05, 0) is 30.5 Å². The number of hydrogen-bond acceptors (Lipinski definition) is 4. The molecule has 1 aliphatic rings.